The largest absolute Gasteiger partial charge is 0.480 e. The number of carboxylic acid groups (broad SMARTS) is 1. The van der Waals surface area contributed by atoms with Crippen molar-refractivity contribution in [2.45, 2.75) is 31.5 Å². The van der Waals surface area contributed by atoms with Crippen LogP contribution in [0.25, 0.3) is 0 Å². The second-order valence-electron chi connectivity index (χ2n) is 5.00. The van der Waals surface area contributed by atoms with Gasteiger partial charge in [0.05, 0.1) is 18.7 Å². The van der Waals surface area contributed by atoms with E-state index in [9.17, 15) is 24.3 Å². The van der Waals surface area contributed by atoms with Gasteiger partial charge in [0, 0.05) is 0 Å². The van der Waals surface area contributed by atoms with Crippen LogP contribution in [0.2, 0.25) is 0 Å². The molecule has 7 N–H and O–H groups in total. The number of aliphatic hydroxyl groups is 1. The summed E-state index contributed by atoms with van der Waals surface area (Å²) in [5.74, 6) is -2.62. The molecule has 3 unspecified atom stereocenters. The van der Waals surface area contributed by atoms with Crippen molar-refractivity contribution in [3.05, 3.63) is 0 Å². The molecule has 0 bridgehead atoms. The first-order chi connectivity index (χ1) is 11.2. The number of aliphatic hydroxyl groups excluding tert-OH is 1. The highest BCUT2D eigenvalue weighted by Crippen LogP contribution is 2.00. The van der Waals surface area contributed by atoms with Gasteiger partial charge in [0.2, 0.25) is 17.7 Å². The monoisotopic (exact) mass is 364 g/mol. The minimum absolute atomic E-state index is 0.415. The molecule has 138 valence electrons. The molecular formula is C13H24N4O6S. The van der Waals surface area contributed by atoms with Crippen LogP contribution in [0, 0.1) is 0 Å². The van der Waals surface area contributed by atoms with E-state index >= 15 is 0 Å². The summed E-state index contributed by atoms with van der Waals surface area (Å²) in [6, 6.07) is -2.09. The molecule has 24 heavy (non-hydrogen) atoms. The van der Waals surface area contributed by atoms with Gasteiger partial charge in [-0.3, -0.25) is 19.2 Å². The highest BCUT2D eigenvalue weighted by atomic mass is 32.2. The molecule has 0 aromatic heterocycles. The summed E-state index contributed by atoms with van der Waals surface area (Å²) < 4.78 is 0. The van der Waals surface area contributed by atoms with Gasteiger partial charge in [0.1, 0.15) is 12.6 Å². The van der Waals surface area contributed by atoms with E-state index in [1.807, 2.05) is 6.26 Å². The van der Waals surface area contributed by atoms with Gasteiger partial charge >= 0.3 is 5.97 Å². The minimum Gasteiger partial charge on any atom is -0.480 e. The normalized spacial score (nSPS) is 14.2. The second kappa shape index (κ2) is 11.6. The molecule has 11 heteroatoms. The highest BCUT2D eigenvalue weighted by molar-refractivity contribution is 7.98. The van der Waals surface area contributed by atoms with Crippen LogP contribution in [0.5, 0.6) is 0 Å². The summed E-state index contributed by atoms with van der Waals surface area (Å²) in [4.78, 5) is 45.5. The van der Waals surface area contributed by atoms with E-state index in [2.05, 4.69) is 16.0 Å². The number of nitrogens with two attached hydrogens (primary N) is 1. The van der Waals surface area contributed by atoms with E-state index in [1.54, 1.807) is 0 Å². The maximum Gasteiger partial charge on any atom is 0.322 e. The van der Waals surface area contributed by atoms with Crippen LogP contribution in [0.3, 0.4) is 0 Å². The molecule has 0 aliphatic heterocycles. The predicted octanol–water partition coefficient (Wildman–Crippen LogP) is -2.75. The number of nitrogens with one attached hydrogen (secondary N) is 3. The van der Waals surface area contributed by atoms with E-state index in [0.717, 1.165) is 0 Å². The first kappa shape index (κ1) is 22.1. The smallest absolute Gasteiger partial charge is 0.322 e. The van der Waals surface area contributed by atoms with Gasteiger partial charge in [-0.1, -0.05) is 0 Å². The summed E-state index contributed by atoms with van der Waals surface area (Å²) in [5.41, 5.74) is 5.68. The Bertz CT molecular complexity index is 460. The number of thioether (sulfide) groups is 1. The van der Waals surface area contributed by atoms with Crippen molar-refractivity contribution in [2.24, 2.45) is 5.73 Å². The molecular weight excluding hydrogens is 340 g/mol. The van der Waals surface area contributed by atoms with Crippen molar-refractivity contribution < 1.29 is 29.4 Å². The quantitative estimate of drug-likeness (QED) is 0.229. The number of carbonyl (C=O) groups excluding carboxylic acids is 3. The molecule has 0 rings (SSSR count). The van der Waals surface area contributed by atoms with E-state index in [-0.39, 0.29) is 0 Å². The summed E-state index contributed by atoms with van der Waals surface area (Å²) in [5, 5.41) is 24.7. The third-order valence-electron chi connectivity index (χ3n) is 2.89. The fourth-order valence-corrected chi connectivity index (χ4v) is 2.05. The lowest BCUT2D eigenvalue weighted by atomic mass is 10.1. The van der Waals surface area contributed by atoms with Crippen molar-refractivity contribution in [1.29, 1.82) is 0 Å². The average Bonchev–Trinajstić information content (AvgIpc) is 2.52. The lowest BCUT2D eigenvalue weighted by molar-refractivity contribution is -0.138. The number of carboxylic acids is 1. The Hall–Kier alpha value is -1.85. The molecule has 0 aliphatic rings. The van der Waals surface area contributed by atoms with Gasteiger partial charge in [-0.2, -0.15) is 11.8 Å². The van der Waals surface area contributed by atoms with E-state index in [0.29, 0.717) is 12.2 Å². The molecule has 0 heterocycles. The maximum absolute atomic E-state index is 12.0. The van der Waals surface area contributed by atoms with Gasteiger partial charge in [-0.05, 0) is 25.4 Å². The van der Waals surface area contributed by atoms with Crippen LogP contribution in [0.1, 0.15) is 13.3 Å². The number of carbonyl (C=O) groups is 4. The summed E-state index contributed by atoms with van der Waals surface area (Å²) in [6.07, 6.45) is 1.08. The van der Waals surface area contributed by atoms with Gasteiger partial charge in [0.15, 0.2) is 0 Å². The lowest BCUT2D eigenvalue weighted by Crippen LogP contribution is -2.56. The minimum atomic E-state index is -1.27. The third-order valence-corrected chi connectivity index (χ3v) is 3.54. The molecule has 0 spiro atoms. The van der Waals surface area contributed by atoms with Crippen molar-refractivity contribution >= 4 is 35.5 Å². The Labute approximate surface area is 143 Å². The Balaban J connectivity index is 4.48. The third kappa shape index (κ3) is 9.33. The molecule has 3 amide bonds. The van der Waals surface area contributed by atoms with Crippen LogP contribution < -0.4 is 21.7 Å². The van der Waals surface area contributed by atoms with E-state index in [1.165, 1.54) is 18.7 Å². The number of aliphatic carboxylic acids is 1. The molecule has 0 fully saturated rings. The molecule has 0 aromatic carbocycles. The standard InChI is InChI=1S/C13H24N4O6S/c1-7(18)11(17-12(22)8(14)3-4-24-2)13(23)16-5-9(19)15-6-10(20)21/h7-8,11,18H,3-6,14H2,1-2H3,(H,15,19)(H,16,23)(H,17,22)(H,20,21). The van der Waals surface area contributed by atoms with Crippen LogP contribution in [-0.4, -0.2) is 77.2 Å². The molecule has 10 nitrogen and oxygen atoms in total. The SMILES string of the molecule is CSCCC(N)C(=O)NC(C(=O)NCC(=O)NCC(=O)O)C(C)O. The van der Waals surface area contributed by atoms with Crippen LogP contribution in [-0.2, 0) is 19.2 Å². The topological polar surface area (TPSA) is 171 Å². The summed E-state index contributed by atoms with van der Waals surface area (Å²) in [6.45, 7) is 0.252. The van der Waals surface area contributed by atoms with Crippen LogP contribution in [0.15, 0.2) is 0 Å². The molecule has 0 saturated heterocycles. The van der Waals surface area contributed by atoms with Crippen molar-refractivity contribution in [2.75, 3.05) is 25.1 Å². The molecule has 0 aliphatic carbocycles. The first-order valence-electron chi connectivity index (χ1n) is 7.18. The van der Waals surface area contributed by atoms with Crippen LogP contribution in [0.4, 0.5) is 0 Å². The van der Waals surface area contributed by atoms with Crippen LogP contribution >= 0.6 is 11.8 Å². The number of rotatable bonds is 11. The molecule has 0 radical (unpaired) electrons. The second-order valence-corrected chi connectivity index (χ2v) is 5.99. The highest BCUT2D eigenvalue weighted by Gasteiger charge is 2.27. The zero-order valence-electron chi connectivity index (χ0n) is 13.6. The van der Waals surface area contributed by atoms with Crippen molar-refractivity contribution in [3.8, 4) is 0 Å². The Morgan fingerprint density at radius 3 is 2.25 bits per heavy atom. The zero-order valence-corrected chi connectivity index (χ0v) is 14.4. The van der Waals surface area contributed by atoms with E-state index < -0.39 is 55.0 Å². The Kier molecular flexibility index (Phi) is 10.8. The van der Waals surface area contributed by atoms with Crippen molar-refractivity contribution in [1.82, 2.24) is 16.0 Å². The van der Waals surface area contributed by atoms with Gasteiger partial charge in [-0.25, -0.2) is 0 Å². The fraction of sp³-hybridized carbons (Fsp3) is 0.692. The lowest BCUT2D eigenvalue weighted by Gasteiger charge is -2.22. The molecule has 0 aromatic rings. The fourth-order valence-electron chi connectivity index (χ4n) is 1.56. The van der Waals surface area contributed by atoms with E-state index in [4.69, 9.17) is 10.8 Å². The number of hydrogen-bond donors (Lipinski definition) is 6. The maximum atomic E-state index is 12.0. The number of hydrogen-bond acceptors (Lipinski definition) is 7. The number of amides is 3. The first-order valence-corrected chi connectivity index (χ1v) is 8.57. The Morgan fingerprint density at radius 1 is 1.12 bits per heavy atom. The Morgan fingerprint density at radius 2 is 1.75 bits per heavy atom. The van der Waals surface area contributed by atoms with Gasteiger partial charge < -0.3 is 31.9 Å². The van der Waals surface area contributed by atoms with Gasteiger partial charge in [0.25, 0.3) is 0 Å². The molecule has 3 atom stereocenters. The predicted molar refractivity (Wildman–Crippen MR) is 88.2 cm³/mol. The zero-order chi connectivity index (χ0) is 18.7. The average molecular weight is 364 g/mol. The van der Waals surface area contributed by atoms with Gasteiger partial charge in [-0.15, -0.1) is 0 Å². The summed E-state index contributed by atoms with van der Waals surface area (Å²) in [7, 11) is 0. The summed E-state index contributed by atoms with van der Waals surface area (Å²) >= 11 is 1.52. The molecule has 0 saturated carbocycles. The van der Waals surface area contributed by atoms with Crippen molar-refractivity contribution in [3.63, 3.8) is 0 Å².